The molecule has 0 radical (unpaired) electrons. The summed E-state index contributed by atoms with van der Waals surface area (Å²) in [6.07, 6.45) is 6.97. The Balaban J connectivity index is 2.53. The van der Waals surface area contributed by atoms with Gasteiger partial charge in [0.25, 0.3) is 0 Å². The van der Waals surface area contributed by atoms with Gasteiger partial charge in [0.2, 0.25) is 9.84 Å². The van der Waals surface area contributed by atoms with Crippen molar-refractivity contribution in [2.24, 2.45) is 5.92 Å². The largest absolute Gasteiger partial charge is 0.216 e. The van der Waals surface area contributed by atoms with Gasteiger partial charge in [0.1, 0.15) is 0 Å². The molecule has 0 N–H and O–H groups in total. The van der Waals surface area contributed by atoms with Crippen LogP contribution in [0.1, 0.15) is 32.1 Å². The van der Waals surface area contributed by atoms with Gasteiger partial charge in [-0.1, -0.05) is 25.2 Å². The van der Waals surface area contributed by atoms with Crippen molar-refractivity contribution in [1.29, 1.82) is 0 Å². The Kier molecular flexibility index (Phi) is 3.16. The standard InChI is InChI=1S/C9H14O2S/c1-12(10,11)8-7-9-5-3-2-4-6-9/h9H,2-6H2,1H3. The highest BCUT2D eigenvalue weighted by atomic mass is 32.2. The highest BCUT2D eigenvalue weighted by molar-refractivity contribution is 7.95. The summed E-state index contributed by atoms with van der Waals surface area (Å²) in [5.74, 6) is 3.15. The van der Waals surface area contributed by atoms with Crippen LogP contribution in [0.2, 0.25) is 0 Å². The van der Waals surface area contributed by atoms with E-state index in [0.717, 1.165) is 19.1 Å². The molecule has 0 unspecified atom stereocenters. The van der Waals surface area contributed by atoms with Crippen molar-refractivity contribution in [3.8, 4) is 11.2 Å². The fourth-order valence-electron chi connectivity index (χ4n) is 1.44. The number of hydrogen-bond acceptors (Lipinski definition) is 2. The van der Waals surface area contributed by atoms with E-state index < -0.39 is 9.84 Å². The molecule has 3 heteroatoms. The number of rotatable bonds is 0. The van der Waals surface area contributed by atoms with Gasteiger partial charge in [0, 0.05) is 11.2 Å². The second kappa shape index (κ2) is 3.95. The summed E-state index contributed by atoms with van der Waals surface area (Å²) in [6.45, 7) is 0. The molecular weight excluding hydrogens is 172 g/mol. The zero-order valence-electron chi connectivity index (χ0n) is 7.34. The molecule has 68 valence electrons. The maximum Gasteiger partial charge on any atom is 0.213 e. The van der Waals surface area contributed by atoms with Crippen LogP contribution in [0.3, 0.4) is 0 Å². The van der Waals surface area contributed by atoms with Crippen LogP contribution >= 0.6 is 0 Å². The number of sulfone groups is 1. The van der Waals surface area contributed by atoms with Crippen molar-refractivity contribution < 1.29 is 8.42 Å². The van der Waals surface area contributed by atoms with Crippen LogP contribution in [-0.2, 0) is 9.84 Å². The fraction of sp³-hybridized carbons (Fsp3) is 0.778. The minimum atomic E-state index is -3.08. The van der Waals surface area contributed by atoms with Crippen LogP contribution in [0.4, 0.5) is 0 Å². The molecule has 0 atom stereocenters. The molecule has 1 fully saturated rings. The SMILES string of the molecule is CS(=O)(=O)C#CC1CCCCC1. The molecule has 2 nitrogen and oxygen atoms in total. The molecular formula is C9H14O2S. The topological polar surface area (TPSA) is 34.1 Å². The first kappa shape index (κ1) is 9.60. The lowest BCUT2D eigenvalue weighted by Gasteiger charge is -2.15. The lowest BCUT2D eigenvalue weighted by atomic mass is 9.90. The normalized spacial score (nSPS) is 19.8. The molecule has 1 aliphatic carbocycles. The average molecular weight is 186 g/mol. The van der Waals surface area contributed by atoms with Gasteiger partial charge in [-0.2, -0.15) is 0 Å². The highest BCUT2D eigenvalue weighted by Gasteiger charge is 2.10. The van der Waals surface area contributed by atoms with Gasteiger partial charge in [-0.05, 0) is 12.8 Å². The quantitative estimate of drug-likeness (QED) is 0.425. The van der Waals surface area contributed by atoms with Crippen LogP contribution in [0.15, 0.2) is 0 Å². The Hall–Kier alpha value is -0.490. The molecule has 0 spiro atoms. The first-order valence-corrected chi connectivity index (χ1v) is 6.19. The fourth-order valence-corrected chi connectivity index (χ4v) is 1.82. The molecule has 0 bridgehead atoms. The number of hydrogen-bond donors (Lipinski definition) is 0. The summed E-state index contributed by atoms with van der Waals surface area (Å²) in [5.41, 5.74) is 0. The van der Waals surface area contributed by atoms with E-state index in [0.29, 0.717) is 5.92 Å². The Morgan fingerprint density at radius 1 is 1.17 bits per heavy atom. The molecule has 12 heavy (non-hydrogen) atoms. The lowest BCUT2D eigenvalue weighted by Crippen LogP contribution is -2.03. The minimum Gasteiger partial charge on any atom is -0.216 e. The monoisotopic (exact) mass is 186 g/mol. The van der Waals surface area contributed by atoms with Crippen LogP contribution in [0, 0.1) is 17.1 Å². The minimum absolute atomic E-state index is 0.327. The van der Waals surface area contributed by atoms with Crippen LogP contribution in [-0.4, -0.2) is 14.7 Å². The summed E-state index contributed by atoms with van der Waals surface area (Å²) in [4.78, 5) is 0. The first-order valence-electron chi connectivity index (χ1n) is 4.30. The van der Waals surface area contributed by atoms with Crippen LogP contribution in [0.25, 0.3) is 0 Å². The second-order valence-corrected chi connectivity index (χ2v) is 5.10. The first-order chi connectivity index (χ1) is 5.58. The molecule has 1 rings (SSSR count). The third kappa shape index (κ3) is 3.77. The van der Waals surface area contributed by atoms with E-state index in [1.807, 2.05) is 0 Å². The molecule has 0 amide bonds. The van der Waals surface area contributed by atoms with E-state index in [1.165, 1.54) is 19.3 Å². The molecule has 0 saturated heterocycles. The second-order valence-electron chi connectivity index (χ2n) is 3.35. The smallest absolute Gasteiger partial charge is 0.213 e. The zero-order chi connectivity index (χ0) is 9.03. The van der Waals surface area contributed by atoms with Gasteiger partial charge in [0.05, 0.1) is 6.26 Å². The van der Waals surface area contributed by atoms with Gasteiger partial charge < -0.3 is 0 Å². The van der Waals surface area contributed by atoms with Gasteiger partial charge in [-0.3, -0.25) is 0 Å². The molecule has 0 aromatic carbocycles. The van der Waals surface area contributed by atoms with Gasteiger partial charge in [-0.25, -0.2) is 8.42 Å². The molecule has 0 aliphatic heterocycles. The van der Waals surface area contributed by atoms with E-state index in [4.69, 9.17) is 0 Å². The maximum absolute atomic E-state index is 10.7. The Bertz CT molecular complexity index is 286. The predicted octanol–water partition coefficient (Wildman–Crippen LogP) is 1.57. The van der Waals surface area contributed by atoms with Crippen molar-refractivity contribution in [3.63, 3.8) is 0 Å². The van der Waals surface area contributed by atoms with Crippen molar-refractivity contribution in [2.45, 2.75) is 32.1 Å². The third-order valence-corrected chi connectivity index (χ3v) is 2.54. The van der Waals surface area contributed by atoms with E-state index in [1.54, 1.807) is 0 Å². The molecule has 1 saturated carbocycles. The molecule has 0 heterocycles. The third-order valence-electron chi connectivity index (χ3n) is 2.05. The molecule has 0 aromatic rings. The highest BCUT2D eigenvalue weighted by Crippen LogP contribution is 2.22. The Labute approximate surface area is 74.3 Å². The average Bonchev–Trinajstić information content (AvgIpc) is 2.02. The summed E-state index contributed by atoms with van der Waals surface area (Å²) in [5, 5.41) is 2.31. The summed E-state index contributed by atoms with van der Waals surface area (Å²) >= 11 is 0. The van der Waals surface area contributed by atoms with E-state index in [9.17, 15) is 8.42 Å². The van der Waals surface area contributed by atoms with Gasteiger partial charge in [0.15, 0.2) is 0 Å². The summed E-state index contributed by atoms with van der Waals surface area (Å²) in [6, 6.07) is 0. The Morgan fingerprint density at radius 2 is 1.75 bits per heavy atom. The van der Waals surface area contributed by atoms with E-state index in [2.05, 4.69) is 11.2 Å². The van der Waals surface area contributed by atoms with Crippen molar-refractivity contribution in [1.82, 2.24) is 0 Å². The zero-order valence-corrected chi connectivity index (χ0v) is 8.15. The van der Waals surface area contributed by atoms with Crippen LogP contribution < -0.4 is 0 Å². The van der Waals surface area contributed by atoms with Crippen LogP contribution in [0.5, 0.6) is 0 Å². The predicted molar refractivity (Wildman–Crippen MR) is 49.2 cm³/mol. The summed E-state index contributed by atoms with van der Waals surface area (Å²) < 4.78 is 21.4. The van der Waals surface area contributed by atoms with Crippen molar-refractivity contribution >= 4 is 9.84 Å². The van der Waals surface area contributed by atoms with E-state index >= 15 is 0 Å². The molecule has 0 aromatic heterocycles. The lowest BCUT2D eigenvalue weighted by molar-refractivity contribution is 0.430. The Morgan fingerprint density at radius 3 is 2.25 bits per heavy atom. The maximum atomic E-state index is 10.7. The van der Waals surface area contributed by atoms with Gasteiger partial charge in [-0.15, -0.1) is 0 Å². The summed E-state index contributed by atoms with van der Waals surface area (Å²) in [7, 11) is -3.08. The van der Waals surface area contributed by atoms with Crippen molar-refractivity contribution in [3.05, 3.63) is 0 Å². The van der Waals surface area contributed by atoms with Gasteiger partial charge >= 0.3 is 0 Å². The van der Waals surface area contributed by atoms with E-state index in [-0.39, 0.29) is 0 Å². The molecule has 1 aliphatic rings. The van der Waals surface area contributed by atoms with Crippen molar-refractivity contribution in [2.75, 3.05) is 6.26 Å².